The SMILES string of the molecule is CCCCC(CC)COc1ccc(CC(C)N)cc1F. The molecule has 0 aromatic heterocycles. The summed E-state index contributed by atoms with van der Waals surface area (Å²) in [6, 6.07) is 5.19. The van der Waals surface area contributed by atoms with E-state index >= 15 is 0 Å². The van der Waals surface area contributed by atoms with Crippen LogP contribution in [0.1, 0.15) is 52.0 Å². The lowest BCUT2D eigenvalue weighted by Gasteiger charge is -2.16. The molecule has 2 unspecified atom stereocenters. The summed E-state index contributed by atoms with van der Waals surface area (Å²) in [4.78, 5) is 0. The molecule has 0 aliphatic heterocycles. The van der Waals surface area contributed by atoms with Crippen LogP contribution in [0.3, 0.4) is 0 Å². The molecule has 20 heavy (non-hydrogen) atoms. The van der Waals surface area contributed by atoms with Crippen molar-refractivity contribution in [1.82, 2.24) is 0 Å². The van der Waals surface area contributed by atoms with E-state index in [-0.39, 0.29) is 11.9 Å². The summed E-state index contributed by atoms with van der Waals surface area (Å²) in [5, 5.41) is 0. The highest BCUT2D eigenvalue weighted by atomic mass is 19.1. The molecule has 0 saturated carbocycles. The molecule has 0 bridgehead atoms. The predicted octanol–water partition coefficient (Wildman–Crippen LogP) is 4.31. The molecule has 1 aromatic rings. The fraction of sp³-hybridized carbons (Fsp3) is 0.647. The Morgan fingerprint density at radius 1 is 1.30 bits per heavy atom. The largest absolute Gasteiger partial charge is 0.490 e. The Morgan fingerprint density at radius 2 is 2.05 bits per heavy atom. The molecule has 1 rings (SSSR count). The lowest BCUT2D eigenvalue weighted by molar-refractivity contribution is 0.225. The maximum atomic E-state index is 13.9. The summed E-state index contributed by atoms with van der Waals surface area (Å²) in [5.74, 6) is 0.583. The molecule has 0 aliphatic carbocycles. The summed E-state index contributed by atoms with van der Waals surface area (Å²) in [7, 11) is 0. The van der Waals surface area contributed by atoms with E-state index in [1.165, 1.54) is 18.9 Å². The van der Waals surface area contributed by atoms with E-state index in [9.17, 15) is 4.39 Å². The topological polar surface area (TPSA) is 35.2 Å². The molecule has 0 amide bonds. The minimum atomic E-state index is -0.284. The molecule has 2 atom stereocenters. The Bertz CT molecular complexity index is 393. The van der Waals surface area contributed by atoms with Gasteiger partial charge in [-0.1, -0.05) is 39.2 Å². The Hall–Kier alpha value is -1.09. The van der Waals surface area contributed by atoms with E-state index in [1.807, 2.05) is 13.0 Å². The molecule has 0 spiro atoms. The minimum Gasteiger partial charge on any atom is -0.490 e. The van der Waals surface area contributed by atoms with Gasteiger partial charge in [-0.3, -0.25) is 0 Å². The zero-order valence-corrected chi connectivity index (χ0v) is 13.0. The van der Waals surface area contributed by atoms with Crippen LogP contribution in [-0.2, 0) is 6.42 Å². The van der Waals surface area contributed by atoms with Gasteiger partial charge in [0.2, 0.25) is 0 Å². The van der Waals surface area contributed by atoms with Crippen LogP contribution in [0, 0.1) is 11.7 Å². The third kappa shape index (κ3) is 5.91. The summed E-state index contributed by atoms with van der Waals surface area (Å²) in [6.45, 7) is 6.86. The molecule has 0 radical (unpaired) electrons. The maximum absolute atomic E-state index is 13.9. The molecule has 2 nitrogen and oxygen atoms in total. The molecule has 1 aromatic carbocycles. The number of hydrogen-bond donors (Lipinski definition) is 1. The first-order valence-electron chi connectivity index (χ1n) is 7.73. The molecule has 2 N–H and O–H groups in total. The number of halogens is 1. The average Bonchev–Trinajstić information content (AvgIpc) is 2.40. The Morgan fingerprint density at radius 3 is 2.60 bits per heavy atom. The second-order valence-electron chi connectivity index (χ2n) is 5.67. The van der Waals surface area contributed by atoms with Gasteiger partial charge in [0.25, 0.3) is 0 Å². The van der Waals surface area contributed by atoms with Crippen molar-refractivity contribution < 1.29 is 9.13 Å². The first-order valence-corrected chi connectivity index (χ1v) is 7.73. The van der Waals surface area contributed by atoms with E-state index in [1.54, 1.807) is 6.07 Å². The van der Waals surface area contributed by atoms with Crippen LogP contribution in [0.25, 0.3) is 0 Å². The highest BCUT2D eigenvalue weighted by molar-refractivity contribution is 5.29. The number of hydrogen-bond acceptors (Lipinski definition) is 2. The van der Waals surface area contributed by atoms with E-state index in [2.05, 4.69) is 13.8 Å². The third-order valence-corrected chi connectivity index (χ3v) is 3.57. The highest BCUT2D eigenvalue weighted by Gasteiger charge is 2.10. The molecular formula is C17H28FNO. The first-order chi connectivity index (χ1) is 9.56. The van der Waals surface area contributed by atoms with Crippen LogP contribution >= 0.6 is 0 Å². The number of rotatable bonds is 9. The Kier molecular flexibility index (Phi) is 7.60. The van der Waals surface area contributed by atoms with Gasteiger partial charge in [0.15, 0.2) is 11.6 Å². The zero-order valence-electron chi connectivity index (χ0n) is 13.0. The summed E-state index contributed by atoms with van der Waals surface area (Å²) >= 11 is 0. The summed E-state index contributed by atoms with van der Waals surface area (Å²) in [6.07, 6.45) is 5.31. The monoisotopic (exact) mass is 281 g/mol. The molecular weight excluding hydrogens is 253 g/mol. The standard InChI is InChI=1S/C17H28FNO/c1-4-6-7-14(5-2)12-20-17-9-8-15(10-13(3)19)11-16(17)18/h8-9,11,13-14H,4-7,10,12,19H2,1-3H3. The quantitative estimate of drug-likeness (QED) is 0.732. The van der Waals surface area contributed by atoms with Gasteiger partial charge in [0.05, 0.1) is 6.61 Å². The van der Waals surface area contributed by atoms with Crippen LogP contribution < -0.4 is 10.5 Å². The summed E-state index contributed by atoms with van der Waals surface area (Å²) in [5.41, 5.74) is 6.64. The van der Waals surface area contributed by atoms with Gasteiger partial charge in [-0.15, -0.1) is 0 Å². The van der Waals surface area contributed by atoms with Crippen molar-refractivity contribution in [3.05, 3.63) is 29.6 Å². The van der Waals surface area contributed by atoms with Crippen molar-refractivity contribution >= 4 is 0 Å². The molecule has 0 aliphatic rings. The maximum Gasteiger partial charge on any atom is 0.165 e. The van der Waals surface area contributed by atoms with E-state index in [4.69, 9.17) is 10.5 Å². The molecule has 3 heteroatoms. The van der Waals surface area contributed by atoms with Crippen LogP contribution in [0.4, 0.5) is 4.39 Å². The predicted molar refractivity (Wildman–Crippen MR) is 82.6 cm³/mol. The van der Waals surface area contributed by atoms with Gasteiger partial charge in [-0.2, -0.15) is 0 Å². The number of benzene rings is 1. The van der Waals surface area contributed by atoms with Crippen molar-refractivity contribution in [3.8, 4) is 5.75 Å². The second-order valence-corrected chi connectivity index (χ2v) is 5.67. The first kappa shape index (κ1) is 17.0. The smallest absolute Gasteiger partial charge is 0.165 e. The van der Waals surface area contributed by atoms with Crippen LogP contribution in [0.2, 0.25) is 0 Å². The van der Waals surface area contributed by atoms with E-state index in [0.717, 1.165) is 18.4 Å². The molecule has 114 valence electrons. The van der Waals surface area contributed by atoms with E-state index in [0.29, 0.717) is 24.7 Å². The third-order valence-electron chi connectivity index (χ3n) is 3.57. The van der Waals surface area contributed by atoms with Crippen LogP contribution in [-0.4, -0.2) is 12.6 Å². The molecule has 0 fully saturated rings. The van der Waals surface area contributed by atoms with Gasteiger partial charge in [-0.25, -0.2) is 4.39 Å². The van der Waals surface area contributed by atoms with Gasteiger partial charge in [0, 0.05) is 6.04 Å². The van der Waals surface area contributed by atoms with Crippen molar-refractivity contribution in [1.29, 1.82) is 0 Å². The lowest BCUT2D eigenvalue weighted by Crippen LogP contribution is -2.18. The Balaban J connectivity index is 2.55. The normalized spacial score (nSPS) is 14.1. The fourth-order valence-electron chi connectivity index (χ4n) is 2.27. The van der Waals surface area contributed by atoms with Crippen molar-refractivity contribution in [2.24, 2.45) is 11.7 Å². The molecule has 0 saturated heterocycles. The van der Waals surface area contributed by atoms with Gasteiger partial charge >= 0.3 is 0 Å². The number of ether oxygens (including phenoxy) is 1. The minimum absolute atomic E-state index is 0.0414. The zero-order chi connectivity index (χ0) is 15.0. The van der Waals surface area contributed by atoms with Gasteiger partial charge in [0.1, 0.15) is 0 Å². The summed E-state index contributed by atoms with van der Waals surface area (Å²) < 4.78 is 19.6. The van der Waals surface area contributed by atoms with Crippen LogP contribution in [0.15, 0.2) is 18.2 Å². The molecule has 0 heterocycles. The number of nitrogens with two attached hydrogens (primary N) is 1. The van der Waals surface area contributed by atoms with Gasteiger partial charge < -0.3 is 10.5 Å². The van der Waals surface area contributed by atoms with E-state index < -0.39 is 0 Å². The van der Waals surface area contributed by atoms with Crippen LogP contribution in [0.5, 0.6) is 5.75 Å². The van der Waals surface area contributed by atoms with Gasteiger partial charge in [-0.05, 0) is 43.4 Å². The van der Waals surface area contributed by atoms with Crippen molar-refractivity contribution in [3.63, 3.8) is 0 Å². The fourth-order valence-corrected chi connectivity index (χ4v) is 2.27. The average molecular weight is 281 g/mol. The van der Waals surface area contributed by atoms with Crippen molar-refractivity contribution in [2.45, 2.75) is 58.9 Å². The highest BCUT2D eigenvalue weighted by Crippen LogP contribution is 2.21. The van der Waals surface area contributed by atoms with Crippen molar-refractivity contribution in [2.75, 3.05) is 6.61 Å². The lowest BCUT2D eigenvalue weighted by atomic mass is 10.0. The Labute approximate surface area is 122 Å². The number of unbranched alkanes of at least 4 members (excludes halogenated alkanes) is 1. The second kappa shape index (κ2) is 8.96.